The fourth-order valence-electron chi connectivity index (χ4n) is 3.40. The Bertz CT molecular complexity index is 1460. The molecule has 9 heteroatoms. The van der Waals surface area contributed by atoms with Crippen LogP contribution in [0, 0.1) is 5.82 Å². The normalized spacial score (nSPS) is 11.9. The zero-order chi connectivity index (χ0) is 23.8. The number of hydrogen-bond acceptors (Lipinski definition) is 3. The fraction of sp³-hybridized carbons (Fsp3) is 0.0417. The smallest absolute Gasteiger partial charge is 0.321 e. The zero-order valence-electron chi connectivity index (χ0n) is 16.6. The number of ketones is 1. The van der Waals surface area contributed by atoms with Gasteiger partial charge < -0.3 is 4.98 Å². The topological polar surface area (TPSA) is 62.8 Å². The number of alkyl halides is 3. The Morgan fingerprint density at radius 2 is 1.76 bits per heavy atom. The summed E-state index contributed by atoms with van der Waals surface area (Å²) >= 11 is 6.11. The number of aromatic amines is 1. The van der Waals surface area contributed by atoms with Crippen molar-refractivity contribution in [3.63, 3.8) is 0 Å². The third kappa shape index (κ3) is 4.70. The van der Waals surface area contributed by atoms with Gasteiger partial charge >= 0.3 is 6.18 Å². The molecule has 0 spiro atoms. The molecule has 0 aliphatic carbocycles. The van der Waals surface area contributed by atoms with Gasteiger partial charge in [-0.2, -0.15) is 13.2 Å². The molecule has 4 nitrogen and oxygen atoms in total. The molecule has 166 valence electrons. The van der Waals surface area contributed by atoms with E-state index in [0.717, 1.165) is 30.5 Å². The summed E-state index contributed by atoms with van der Waals surface area (Å²) in [6, 6.07) is 9.85. The molecule has 0 saturated carbocycles. The first-order valence-corrected chi connectivity index (χ1v) is 9.87. The molecule has 0 aliphatic heterocycles. The minimum Gasteiger partial charge on any atom is -0.321 e. The van der Waals surface area contributed by atoms with Gasteiger partial charge in [-0.15, -0.1) is 0 Å². The number of benzene rings is 2. The highest BCUT2D eigenvalue weighted by Crippen LogP contribution is 2.35. The average Bonchev–Trinajstić information content (AvgIpc) is 2.76. The van der Waals surface area contributed by atoms with Gasteiger partial charge in [0.2, 0.25) is 0 Å². The van der Waals surface area contributed by atoms with Crippen LogP contribution in [0.3, 0.4) is 0 Å². The molecule has 2 heterocycles. The monoisotopic (exact) mass is 472 g/mol. The van der Waals surface area contributed by atoms with Crippen LogP contribution in [0.4, 0.5) is 17.6 Å². The summed E-state index contributed by atoms with van der Waals surface area (Å²) in [5.41, 5.74) is -0.877. The van der Waals surface area contributed by atoms with E-state index in [1.165, 1.54) is 42.6 Å². The Balaban J connectivity index is 1.91. The number of carbonyl (C=O) groups is 1. The van der Waals surface area contributed by atoms with E-state index in [-0.39, 0.29) is 16.7 Å². The third-order valence-corrected chi connectivity index (χ3v) is 5.11. The molecule has 0 fully saturated rings. The maximum absolute atomic E-state index is 13.4. The van der Waals surface area contributed by atoms with Gasteiger partial charge in [-0.25, -0.2) is 4.39 Å². The first kappa shape index (κ1) is 22.4. The zero-order valence-corrected chi connectivity index (χ0v) is 17.3. The van der Waals surface area contributed by atoms with Crippen molar-refractivity contribution in [1.82, 2.24) is 9.97 Å². The predicted octanol–water partition coefficient (Wildman–Crippen LogP) is 6.30. The molecule has 0 saturated heterocycles. The Labute approximate surface area is 189 Å². The van der Waals surface area contributed by atoms with Crippen molar-refractivity contribution < 1.29 is 22.4 Å². The van der Waals surface area contributed by atoms with Crippen LogP contribution in [0.25, 0.3) is 28.1 Å². The lowest BCUT2D eigenvalue weighted by Crippen LogP contribution is -2.18. The molecule has 0 aliphatic rings. The van der Waals surface area contributed by atoms with Crippen molar-refractivity contribution in [2.24, 2.45) is 0 Å². The number of aromatic nitrogens is 2. The number of H-pyrrole nitrogens is 1. The van der Waals surface area contributed by atoms with E-state index >= 15 is 0 Å². The molecule has 4 aromatic rings. The average molecular weight is 473 g/mol. The largest absolute Gasteiger partial charge is 0.416 e. The maximum atomic E-state index is 13.4. The first-order chi connectivity index (χ1) is 15.6. The second-order valence-electron chi connectivity index (χ2n) is 7.10. The second-order valence-corrected chi connectivity index (χ2v) is 7.54. The summed E-state index contributed by atoms with van der Waals surface area (Å²) in [7, 11) is 0. The minimum absolute atomic E-state index is 0.136. The van der Waals surface area contributed by atoms with Gasteiger partial charge in [-0.3, -0.25) is 14.6 Å². The van der Waals surface area contributed by atoms with Crippen LogP contribution in [-0.2, 0) is 6.18 Å². The molecule has 0 unspecified atom stereocenters. The molecule has 1 N–H and O–H groups in total. The van der Waals surface area contributed by atoms with E-state index in [1.54, 1.807) is 0 Å². The SMILES string of the molecule is O=C(/C=C/c1cncc(F)c1)c1c(-c2ccc(C(F)(F)F)cc2)c2cc(Cl)ccc2[nH]c1=O. The van der Waals surface area contributed by atoms with Crippen LogP contribution in [-0.4, -0.2) is 15.8 Å². The molecule has 0 atom stereocenters. The number of rotatable bonds is 4. The molecule has 0 radical (unpaired) electrons. The number of hydrogen-bond donors (Lipinski definition) is 1. The van der Waals surface area contributed by atoms with Crippen LogP contribution >= 0.6 is 11.6 Å². The predicted molar refractivity (Wildman–Crippen MR) is 118 cm³/mol. The van der Waals surface area contributed by atoms with E-state index < -0.39 is 28.9 Å². The van der Waals surface area contributed by atoms with Gasteiger partial charge in [0.1, 0.15) is 5.82 Å². The number of carbonyl (C=O) groups excluding carboxylic acids is 1. The van der Waals surface area contributed by atoms with Crippen LogP contribution < -0.4 is 5.56 Å². The highest BCUT2D eigenvalue weighted by Gasteiger charge is 2.30. The number of allylic oxidation sites excluding steroid dienone is 1. The number of nitrogens with zero attached hydrogens (tertiary/aromatic N) is 1. The summed E-state index contributed by atoms with van der Waals surface area (Å²) in [5.74, 6) is -1.33. The van der Waals surface area contributed by atoms with Crippen LogP contribution in [0.1, 0.15) is 21.5 Å². The summed E-state index contributed by atoms with van der Waals surface area (Å²) in [5, 5.41) is 0.688. The van der Waals surface area contributed by atoms with Crippen LogP contribution in [0.15, 0.2) is 71.8 Å². The van der Waals surface area contributed by atoms with Crippen molar-refractivity contribution in [1.29, 1.82) is 0 Å². The Morgan fingerprint density at radius 3 is 2.42 bits per heavy atom. The van der Waals surface area contributed by atoms with E-state index in [0.29, 0.717) is 21.5 Å². The van der Waals surface area contributed by atoms with Gasteiger partial charge in [0.15, 0.2) is 5.78 Å². The van der Waals surface area contributed by atoms with Gasteiger partial charge in [-0.1, -0.05) is 23.7 Å². The van der Waals surface area contributed by atoms with Crippen molar-refractivity contribution in [3.8, 4) is 11.1 Å². The molecule has 0 amide bonds. The standard InChI is InChI=1S/C24H13ClF4N2O2/c25-16-6-7-19-18(10-16)21(14-2-4-15(5-3-14)24(27,28)29)22(23(33)31-19)20(32)8-1-13-9-17(26)12-30-11-13/h1-12H,(H,31,33)/b8-1+. The minimum atomic E-state index is -4.54. The van der Waals surface area contributed by atoms with Gasteiger partial charge in [0.25, 0.3) is 5.56 Å². The first-order valence-electron chi connectivity index (χ1n) is 9.49. The number of pyridine rings is 2. The number of nitrogens with one attached hydrogen (secondary N) is 1. The Morgan fingerprint density at radius 1 is 1.03 bits per heavy atom. The van der Waals surface area contributed by atoms with Crippen molar-refractivity contribution in [2.75, 3.05) is 0 Å². The molecule has 33 heavy (non-hydrogen) atoms. The lowest BCUT2D eigenvalue weighted by Gasteiger charge is -2.13. The lowest BCUT2D eigenvalue weighted by molar-refractivity contribution is -0.137. The van der Waals surface area contributed by atoms with E-state index in [1.807, 2.05) is 0 Å². The van der Waals surface area contributed by atoms with E-state index in [4.69, 9.17) is 11.6 Å². The summed E-state index contributed by atoms with van der Waals surface area (Å²) < 4.78 is 52.4. The number of halogens is 5. The van der Waals surface area contributed by atoms with E-state index in [9.17, 15) is 27.2 Å². The fourth-order valence-corrected chi connectivity index (χ4v) is 3.57. The highest BCUT2D eigenvalue weighted by atomic mass is 35.5. The van der Waals surface area contributed by atoms with Gasteiger partial charge in [0.05, 0.1) is 17.3 Å². The van der Waals surface area contributed by atoms with E-state index in [2.05, 4.69) is 9.97 Å². The second kappa shape index (κ2) is 8.63. The van der Waals surface area contributed by atoms with Crippen molar-refractivity contribution in [2.45, 2.75) is 6.18 Å². The van der Waals surface area contributed by atoms with Gasteiger partial charge in [0, 0.05) is 27.7 Å². The van der Waals surface area contributed by atoms with Gasteiger partial charge in [-0.05, 0) is 59.7 Å². The molecule has 0 bridgehead atoms. The summed E-state index contributed by atoms with van der Waals surface area (Å²) in [6.45, 7) is 0. The third-order valence-electron chi connectivity index (χ3n) is 4.88. The molecular weight excluding hydrogens is 460 g/mol. The summed E-state index contributed by atoms with van der Waals surface area (Å²) in [4.78, 5) is 32.2. The maximum Gasteiger partial charge on any atom is 0.416 e. The summed E-state index contributed by atoms with van der Waals surface area (Å²) in [6.07, 6.45) is 0.147. The quantitative estimate of drug-likeness (QED) is 0.215. The Kier molecular flexibility index (Phi) is 5.86. The molecule has 2 aromatic carbocycles. The molecular formula is C24H13ClF4N2O2. The molecule has 4 rings (SSSR count). The number of fused-ring (bicyclic) bond motifs is 1. The molecule has 2 aromatic heterocycles. The van der Waals surface area contributed by atoms with Crippen LogP contribution in [0.2, 0.25) is 5.02 Å². The lowest BCUT2D eigenvalue weighted by atomic mass is 9.93. The highest BCUT2D eigenvalue weighted by molar-refractivity contribution is 6.31. The Hall–Kier alpha value is -3.78. The van der Waals surface area contributed by atoms with Crippen LogP contribution in [0.5, 0.6) is 0 Å². The van der Waals surface area contributed by atoms with Crippen molar-refractivity contribution in [3.05, 3.63) is 105 Å². The van der Waals surface area contributed by atoms with Crippen molar-refractivity contribution >= 4 is 34.4 Å².